The summed E-state index contributed by atoms with van der Waals surface area (Å²) in [5.74, 6) is 0.838. The van der Waals surface area contributed by atoms with Gasteiger partial charge in [-0.25, -0.2) is 0 Å². The van der Waals surface area contributed by atoms with E-state index < -0.39 is 0 Å². The molecule has 4 heteroatoms. The topological polar surface area (TPSA) is 36.9 Å². The van der Waals surface area contributed by atoms with Crippen LogP contribution in [0.25, 0.3) is 0 Å². The molecule has 0 aliphatic carbocycles. The molecule has 3 aromatic carbocycles. The molecule has 1 heterocycles. The van der Waals surface area contributed by atoms with E-state index in [1.807, 2.05) is 74.5 Å². The third-order valence-electron chi connectivity index (χ3n) is 5.56. The predicted octanol–water partition coefficient (Wildman–Crippen LogP) is 5.68. The van der Waals surface area contributed by atoms with E-state index in [1.165, 1.54) is 0 Å². The number of benzene rings is 3. The van der Waals surface area contributed by atoms with E-state index in [0.717, 1.165) is 22.4 Å². The zero-order valence-electron chi connectivity index (χ0n) is 18.1. The van der Waals surface area contributed by atoms with Crippen LogP contribution < -0.4 is 4.74 Å². The highest BCUT2D eigenvalue weighted by atomic mass is 16.7. The fourth-order valence-corrected chi connectivity index (χ4v) is 3.85. The first-order valence-corrected chi connectivity index (χ1v) is 10.9. The highest BCUT2D eigenvalue weighted by Crippen LogP contribution is 2.29. The lowest BCUT2D eigenvalue weighted by Crippen LogP contribution is -2.51. The largest absolute Gasteiger partial charge is 0.465 e. The lowest BCUT2D eigenvalue weighted by molar-refractivity contribution is -0.243. The van der Waals surface area contributed by atoms with E-state index in [2.05, 4.69) is 24.3 Å². The van der Waals surface area contributed by atoms with Crippen LogP contribution in [0.5, 0.6) is 5.75 Å². The number of ether oxygens (including phenoxy) is 4. The van der Waals surface area contributed by atoms with E-state index in [0.29, 0.717) is 19.6 Å². The van der Waals surface area contributed by atoms with Gasteiger partial charge in [0.15, 0.2) is 0 Å². The normalized spacial score (nSPS) is 23.4. The minimum atomic E-state index is -0.381. The fourth-order valence-electron chi connectivity index (χ4n) is 3.85. The summed E-state index contributed by atoms with van der Waals surface area (Å²) in [6, 6.07) is 28.4. The molecule has 1 aliphatic rings. The SMILES string of the molecule is Cc1ccccc1O[C@@H]1CC(OCc2ccccc2)[C@@H](OCc2ccccc2)C(C)O1. The van der Waals surface area contributed by atoms with Crippen molar-refractivity contribution in [3.05, 3.63) is 102 Å². The standard InChI is InChI=1S/C27H30O4/c1-20-11-9-10-16-24(20)31-26-17-25(28-18-22-12-5-3-6-13-22)27(21(2)30-26)29-19-23-14-7-4-8-15-23/h3-16,21,25-27H,17-19H2,1-2H3/t21?,25?,26-,27+/m1/s1. The number of rotatable bonds is 8. The van der Waals surface area contributed by atoms with Gasteiger partial charge in [0.2, 0.25) is 6.29 Å². The van der Waals surface area contributed by atoms with Crippen molar-refractivity contribution in [1.29, 1.82) is 0 Å². The Hall–Kier alpha value is -2.66. The fraction of sp³-hybridized carbons (Fsp3) is 0.333. The van der Waals surface area contributed by atoms with Gasteiger partial charge in [0.1, 0.15) is 11.9 Å². The Morgan fingerprint density at radius 1 is 0.774 bits per heavy atom. The first-order valence-electron chi connectivity index (χ1n) is 10.9. The maximum absolute atomic E-state index is 6.35. The van der Waals surface area contributed by atoms with Gasteiger partial charge in [-0.3, -0.25) is 0 Å². The van der Waals surface area contributed by atoms with Crippen molar-refractivity contribution < 1.29 is 18.9 Å². The Kier molecular flexibility index (Phi) is 7.36. The quantitative estimate of drug-likeness (QED) is 0.472. The summed E-state index contributed by atoms with van der Waals surface area (Å²) in [6.45, 7) is 5.12. The summed E-state index contributed by atoms with van der Waals surface area (Å²) in [4.78, 5) is 0. The molecule has 1 aliphatic heterocycles. The van der Waals surface area contributed by atoms with Crippen LogP contribution in [0.15, 0.2) is 84.9 Å². The molecular weight excluding hydrogens is 388 g/mol. The first-order chi connectivity index (χ1) is 15.2. The van der Waals surface area contributed by atoms with Crippen molar-refractivity contribution in [3.63, 3.8) is 0 Å². The molecule has 4 rings (SSSR count). The Morgan fingerprint density at radius 3 is 2.00 bits per heavy atom. The first kappa shape index (κ1) is 21.6. The molecule has 1 saturated heterocycles. The van der Waals surface area contributed by atoms with Crippen LogP contribution in [0.4, 0.5) is 0 Å². The van der Waals surface area contributed by atoms with Crippen molar-refractivity contribution in [1.82, 2.24) is 0 Å². The molecule has 0 radical (unpaired) electrons. The van der Waals surface area contributed by atoms with Gasteiger partial charge in [0.25, 0.3) is 0 Å². The molecule has 0 bridgehead atoms. The van der Waals surface area contributed by atoms with E-state index >= 15 is 0 Å². The second-order valence-corrected chi connectivity index (χ2v) is 7.99. The van der Waals surface area contributed by atoms with E-state index in [9.17, 15) is 0 Å². The molecule has 0 amide bonds. The second kappa shape index (κ2) is 10.6. The van der Waals surface area contributed by atoms with Gasteiger partial charge >= 0.3 is 0 Å². The van der Waals surface area contributed by atoms with Crippen molar-refractivity contribution in [2.24, 2.45) is 0 Å². The van der Waals surface area contributed by atoms with Crippen LogP contribution in [-0.2, 0) is 27.4 Å². The van der Waals surface area contributed by atoms with Gasteiger partial charge in [0, 0.05) is 6.42 Å². The third-order valence-corrected chi connectivity index (χ3v) is 5.56. The summed E-state index contributed by atoms with van der Waals surface area (Å²) < 4.78 is 25.0. The molecule has 162 valence electrons. The maximum atomic E-state index is 6.35. The Morgan fingerprint density at radius 2 is 1.35 bits per heavy atom. The van der Waals surface area contributed by atoms with Gasteiger partial charge in [-0.05, 0) is 36.6 Å². The summed E-state index contributed by atoms with van der Waals surface area (Å²) in [5.41, 5.74) is 3.36. The van der Waals surface area contributed by atoms with Crippen molar-refractivity contribution in [2.75, 3.05) is 0 Å². The van der Waals surface area contributed by atoms with Crippen molar-refractivity contribution in [3.8, 4) is 5.75 Å². The van der Waals surface area contributed by atoms with Crippen LogP contribution in [0.2, 0.25) is 0 Å². The number of aryl methyl sites for hydroxylation is 1. The molecule has 4 nitrogen and oxygen atoms in total. The zero-order chi connectivity index (χ0) is 21.5. The number of hydrogen-bond acceptors (Lipinski definition) is 4. The highest BCUT2D eigenvalue weighted by Gasteiger charge is 2.39. The van der Waals surface area contributed by atoms with Crippen LogP contribution >= 0.6 is 0 Å². The molecule has 0 aromatic heterocycles. The summed E-state index contributed by atoms with van der Waals surface area (Å²) >= 11 is 0. The average Bonchev–Trinajstić information content (AvgIpc) is 2.80. The Balaban J connectivity index is 1.45. The zero-order valence-corrected chi connectivity index (χ0v) is 18.1. The number of hydrogen-bond donors (Lipinski definition) is 0. The molecule has 0 saturated carbocycles. The molecule has 0 spiro atoms. The lowest BCUT2D eigenvalue weighted by Gasteiger charge is -2.40. The summed E-state index contributed by atoms with van der Waals surface area (Å²) in [7, 11) is 0. The molecule has 31 heavy (non-hydrogen) atoms. The van der Waals surface area contributed by atoms with Crippen molar-refractivity contribution in [2.45, 2.75) is 58.1 Å². The van der Waals surface area contributed by atoms with Gasteiger partial charge in [-0.15, -0.1) is 0 Å². The molecule has 4 atom stereocenters. The lowest BCUT2D eigenvalue weighted by atomic mass is 10.0. The van der Waals surface area contributed by atoms with Crippen LogP contribution in [0.3, 0.4) is 0 Å². The predicted molar refractivity (Wildman–Crippen MR) is 121 cm³/mol. The second-order valence-electron chi connectivity index (χ2n) is 7.99. The molecular formula is C27H30O4. The molecule has 0 N–H and O–H groups in total. The number of para-hydroxylation sites is 1. The van der Waals surface area contributed by atoms with Gasteiger partial charge in [0.05, 0.1) is 25.4 Å². The van der Waals surface area contributed by atoms with Crippen molar-refractivity contribution >= 4 is 0 Å². The van der Waals surface area contributed by atoms with E-state index in [4.69, 9.17) is 18.9 Å². The van der Waals surface area contributed by atoms with Crippen LogP contribution in [0, 0.1) is 6.92 Å². The summed E-state index contributed by atoms with van der Waals surface area (Å²) in [6.07, 6.45) is -0.256. The summed E-state index contributed by atoms with van der Waals surface area (Å²) in [5, 5.41) is 0. The monoisotopic (exact) mass is 418 g/mol. The minimum Gasteiger partial charge on any atom is -0.465 e. The van der Waals surface area contributed by atoms with Gasteiger partial charge in [-0.1, -0.05) is 78.9 Å². The molecule has 3 aromatic rings. The molecule has 1 fully saturated rings. The maximum Gasteiger partial charge on any atom is 0.202 e. The minimum absolute atomic E-state index is 0.137. The third kappa shape index (κ3) is 5.95. The van der Waals surface area contributed by atoms with E-state index in [-0.39, 0.29) is 24.6 Å². The Bertz CT molecular complexity index is 928. The highest BCUT2D eigenvalue weighted by molar-refractivity contribution is 5.31. The van der Waals surface area contributed by atoms with E-state index in [1.54, 1.807) is 0 Å². The molecule has 2 unspecified atom stereocenters. The average molecular weight is 419 g/mol. The van der Waals surface area contributed by atoms with Gasteiger partial charge in [-0.2, -0.15) is 0 Å². The smallest absolute Gasteiger partial charge is 0.202 e. The van der Waals surface area contributed by atoms with Crippen LogP contribution in [-0.4, -0.2) is 24.6 Å². The van der Waals surface area contributed by atoms with Gasteiger partial charge < -0.3 is 18.9 Å². The Labute approximate surface area is 184 Å². The van der Waals surface area contributed by atoms with Crippen LogP contribution in [0.1, 0.15) is 30.0 Å².